The van der Waals surface area contributed by atoms with Gasteiger partial charge in [-0.25, -0.2) is 4.79 Å². The zero-order chi connectivity index (χ0) is 12.8. The predicted octanol–water partition coefficient (Wildman–Crippen LogP) is 2.50. The van der Waals surface area contributed by atoms with Gasteiger partial charge in [0.15, 0.2) is 0 Å². The lowest BCUT2D eigenvalue weighted by molar-refractivity contribution is -0.141. The molecule has 2 N–H and O–H groups in total. The Morgan fingerprint density at radius 1 is 1.59 bits per heavy atom. The molecule has 0 radical (unpaired) electrons. The van der Waals surface area contributed by atoms with Crippen LogP contribution in [0.4, 0.5) is 0 Å². The molecule has 92 valence electrons. The van der Waals surface area contributed by atoms with Gasteiger partial charge in [0.25, 0.3) is 0 Å². The minimum Gasteiger partial charge on any atom is -0.480 e. The third-order valence-electron chi connectivity index (χ3n) is 2.02. The van der Waals surface area contributed by atoms with Gasteiger partial charge >= 0.3 is 5.97 Å². The Kier molecular flexibility index (Phi) is 5.37. The van der Waals surface area contributed by atoms with Gasteiger partial charge in [-0.05, 0) is 40.6 Å². The van der Waals surface area contributed by atoms with Gasteiger partial charge in [-0.3, -0.25) is 4.79 Å². The average molecular weight is 318 g/mol. The number of carboxylic acid groups (broad SMARTS) is 1. The highest BCUT2D eigenvalue weighted by Gasteiger charge is 2.15. The van der Waals surface area contributed by atoms with E-state index in [1.54, 1.807) is 13.0 Å². The van der Waals surface area contributed by atoms with E-state index in [9.17, 15) is 9.59 Å². The van der Waals surface area contributed by atoms with Crippen molar-refractivity contribution in [1.29, 1.82) is 0 Å². The summed E-state index contributed by atoms with van der Waals surface area (Å²) < 4.78 is 0.981. The molecule has 1 heterocycles. The van der Waals surface area contributed by atoms with Gasteiger partial charge in [0.1, 0.15) is 6.04 Å². The first-order valence-corrected chi connectivity index (χ1v) is 6.60. The number of hydrogen-bond donors (Lipinski definition) is 2. The Hall–Kier alpha value is -1.14. The van der Waals surface area contributed by atoms with Crippen molar-refractivity contribution in [3.63, 3.8) is 0 Å². The molecule has 1 unspecified atom stereocenters. The maximum absolute atomic E-state index is 11.4. The molecule has 0 saturated carbocycles. The van der Waals surface area contributed by atoms with Gasteiger partial charge in [0.05, 0.1) is 3.79 Å². The number of carboxylic acids is 1. The Labute approximate surface area is 111 Å². The highest BCUT2D eigenvalue weighted by molar-refractivity contribution is 9.11. The molecule has 0 bridgehead atoms. The van der Waals surface area contributed by atoms with E-state index in [1.807, 2.05) is 12.1 Å². The first-order valence-electron chi connectivity index (χ1n) is 4.99. The molecule has 6 heteroatoms. The smallest absolute Gasteiger partial charge is 0.326 e. The van der Waals surface area contributed by atoms with Crippen molar-refractivity contribution in [1.82, 2.24) is 5.32 Å². The third-order valence-corrected chi connectivity index (χ3v) is 3.60. The SMILES string of the molecule is CCC(NC(=O)/C=C/c1ccc(Br)s1)C(=O)O. The molecule has 4 nitrogen and oxygen atoms in total. The lowest BCUT2D eigenvalue weighted by Crippen LogP contribution is -2.39. The highest BCUT2D eigenvalue weighted by Crippen LogP contribution is 2.22. The highest BCUT2D eigenvalue weighted by atomic mass is 79.9. The van der Waals surface area contributed by atoms with Gasteiger partial charge in [0.2, 0.25) is 5.91 Å². The Morgan fingerprint density at radius 3 is 2.76 bits per heavy atom. The van der Waals surface area contributed by atoms with Crippen molar-refractivity contribution >= 4 is 45.2 Å². The molecule has 0 spiro atoms. The summed E-state index contributed by atoms with van der Waals surface area (Å²) in [5.41, 5.74) is 0. The molecule has 1 aromatic heterocycles. The maximum Gasteiger partial charge on any atom is 0.326 e. The Bertz CT molecular complexity index is 442. The average Bonchev–Trinajstić information content (AvgIpc) is 2.68. The molecule has 17 heavy (non-hydrogen) atoms. The molecular formula is C11H12BrNO3S. The fourth-order valence-electron chi connectivity index (χ4n) is 1.13. The van der Waals surface area contributed by atoms with E-state index in [4.69, 9.17) is 5.11 Å². The van der Waals surface area contributed by atoms with Gasteiger partial charge in [-0.15, -0.1) is 11.3 Å². The van der Waals surface area contributed by atoms with Crippen molar-refractivity contribution in [2.24, 2.45) is 0 Å². The van der Waals surface area contributed by atoms with E-state index in [0.717, 1.165) is 8.66 Å². The first kappa shape index (κ1) is 13.9. The second-order valence-corrected chi connectivity index (χ2v) is 5.78. The van der Waals surface area contributed by atoms with Crippen LogP contribution in [0, 0.1) is 0 Å². The Balaban J connectivity index is 2.54. The number of rotatable bonds is 5. The zero-order valence-corrected chi connectivity index (χ0v) is 11.5. The molecule has 1 rings (SSSR count). The fourth-order valence-corrected chi connectivity index (χ4v) is 2.46. The molecule has 1 atom stereocenters. The molecule has 0 fully saturated rings. The van der Waals surface area contributed by atoms with Crippen molar-refractivity contribution in [2.75, 3.05) is 0 Å². The molecular weight excluding hydrogens is 306 g/mol. The first-order chi connectivity index (χ1) is 8.02. The monoisotopic (exact) mass is 317 g/mol. The van der Waals surface area contributed by atoms with E-state index in [2.05, 4.69) is 21.2 Å². The van der Waals surface area contributed by atoms with E-state index < -0.39 is 17.9 Å². The van der Waals surface area contributed by atoms with Crippen molar-refractivity contribution in [2.45, 2.75) is 19.4 Å². The zero-order valence-electron chi connectivity index (χ0n) is 9.14. The van der Waals surface area contributed by atoms with Gasteiger partial charge in [0, 0.05) is 11.0 Å². The molecule has 1 amide bonds. The van der Waals surface area contributed by atoms with Gasteiger partial charge in [-0.2, -0.15) is 0 Å². The molecule has 0 aliphatic carbocycles. The minimum absolute atomic E-state index is 0.361. The minimum atomic E-state index is -1.02. The van der Waals surface area contributed by atoms with Gasteiger partial charge < -0.3 is 10.4 Å². The second kappa shape index (κ2) is 6.56. The summed E-state index contributed by atoms with van der Waals surface area (Å²) in [5.74, 6) is -1.42. The topological polar surface area (TPSA) is 66.4 Å². The summed E-state index contributed by atoms with van der Waals surface area (Å²) in [6.45, 7) is 1.71. The number of thiophene rings is 1. The predicted molar refractivity (Wildman–Crippen MR) is 70.9 cm³/mol. The van der Waals surface area contributed by atoms with Crippen LogP contribution in [0.15, 0.2) is 22.0 Å². The number of hydrogen-bond acceptors (Lipinski definition) is 3. The lowest BCUT2D eigenvalue weighted by atomic mass is 10.2. The summed E-state index contributed by atoms with van der Waals surface area (Å²) >= 11 is 4.81. The normalized spacial score (nSPS) is 12.6. The maximum atomic E-state index is 11.4. The van der Waals surface area contributed by atoms with E-state index >= 15 is 0 Å². The van der Waals surface area contributed by atoms with Crippen LogP contribution >= 0.6 is 27.3 Å². The Morgan fingerprint density at radius 2 is 2.29 bits per heavy atom. The standard InChI is InChI=1S/C11H12BrNO3S/c1-2-8(11(15)16)13-10(14)6-4-7-3-5-9(12)17-7/h3-6,8H,2H2,1H3,(H,13,14)(H,15,16)/b6-4+. The van der Waals surface area contributed by atoms with Crippen molar-refractivity contribution < 1.29 is 14.7 Å². The van der Waals surface area contributed by atoms with Crippen LogP contribution in [-0.4, -0.2) is 23.0 Å². The largest absolute Gasteiger partial charge is 0.480 e. The second-order valence-electron chi connectivity index (χ2n) is 3.28. The van der Waals surface area contributed by atoms with Crippen LogP contribution in [0.25, 0.3) is 6.08 Å². The summed E-state index contributed by atoms with van der Waals surface area (Å²) in [4.78, 5) is 23.1. The lowest BCUT2D eigenvalue weighted by Gasteiger charge is -2.09. The number of aliphatic carboxylic acids is 1. The summed E-state index contributed by atoms with van der Waals surface area (Å²) in [5, 5.41) is 11.2. The van der Waals surface area contributed by atoms with Crippen LogP contribution in [0.5, 0.6) is 0 Å². The number of halogens is 1. The molecule has 0 saturated heterocycles. The van der Waals surface area contributed by atoms with E-state index in [1.165, 1.54) is 17.4 Å². The molecule has 0 aromatic carbocycles. The van der Waals surface area contributed by atoms with Crippen LogP contribution < -0.4 is 5.32 Å². The van der Waals surface area contributed by atoms with Crippen molar-refractivity contribution in [3.8, 4) is 0 Å². The summed E-state index contributed by atoms with van der Waals surface area (Å²) in [6, 6.07) is 2.92. The number of nitrogens with one attached hydrogen (secondary N) is 1. The third kappa shape index (κ3) is 4.70. The van der Waals surface area contributed by atoms with E-state index in [0.29, 0.717) is 6.42 Å². The van der Waals surface area contributed by atoms with E-state index in [-0.39, 0.29) is 0 Å². The summed E-state index contributed by atoms with van der Waals surface area (Å²) in [7, 11) is 0. The molecule has 1 aromatic rings. The van der Waals surface area contributed by atoms with Gasteiger partial charge in [-0.1, -0.05) is 6.92 Å². The summed E-state index contributed by atoms with van der Waals surface area (Å²) in [6.07, 6.45) is 3.35. The molecule has 0 aliphatic heterocycles. The number of carbonyl (C=O) groups is 2. The van der Waals surface area contributed by atoms with Crippen LogP contribution in [0.2, 0.25) is 0 Å². The number of amides is 1. The van der Waals surface area contributed by atoms with Crippen molar-refractivity contribution in [3.05, 3.63) is 26.9 Å². The fraction of sp³-hybridized carbons (Fsp3) is 0.273. The van der Waals surface area contributed by atoms with Crippen LogP contribution in [0.3, 0.4) is 0 Å². The quantitative estimate of drug-likeness (QED) is 0.820. The molecule has 0 aliphatic rings. The van der Waals surface area contributed by atoms with Crippen LogP contribution in [-0.2, 0) is 9.59 Å². The van der Waals surface area contributed by atoms with Crippen LogP contribution in [0.1, 0.15) is 18.2 Å². The number of carbonyl (C=O) groups excluding carboxylic acids is 1.